The number of rotatable bonds is 6. The summed E-state index contributed by atoms with van der Waals surface area (Å²) in [4.78, 5) is 4.86. The number of hydrogen-bond donors (Lipinski definition) is 0. The molecular formula is C26H20N2OS. The number of ether oxygens (including phenoxy) is 1. The molecule has 0 N–H and O–H groups in total. The topological polar surface area (TPSA) is 45.9 Å². The number of benzene rings is 3. The van der Waals surface area contributed by atoms with Crippen LogP contribution in [0.4, 0.5) is 0 Å². The molecule has 146 valence electrons. The third-order valence-electron chi connectivity index (χ3n) is 4.79. The molecule has 0 saturated carbocycles. The van der Waals surface area contributed by atoms with Gasteiger partial charge in [-0.2, -0.15) is 5.26 Å². The molecule has 30 heavy (non-hydrogen) atoms. The van der Waals surface area contributed by atoms with E-state index in [2.05, 4.69) is 6.07 Å². The van der Waals surface area contributed by atoms with Gasteiger partial charge in [0.25, 0.3) is 0 Å². The maximum absolute atomic E-state index is 9.97. The van der Waals surface area contributed by atoms with E-state index in [4.69, 9.17) is 9.72 Å². The lowest BCUT2D eigenvalue weighted by Gasteiger charge is -2.13. The van der Waals surface area contributed by atoms with Crippen LogP contribution in [0, 0.1) is 11.3 Å². The van der Waals surface area contributed by atoms with Gasteiger partial charge in [-0.15, -0.1) is 11.8 Å². The molecule has 0 amide bonds. The third kappa shape index (κ3) is 4.37. The summed E-state index contributed by atoms with van der Waals surface area (Å²) in [6, 6.07) is 32.5. The number of nitrogens with zero attached hydrogens (tertiary/aromatic N) is 2. The Bertz CT molecular complexity index is 1170. The molecule has 0 bridgehead atoms. The Morgan fingerprint density at radius 2 is 1.50 bits per heavy atom. The lowest BCUT2D eigenvalue weighted by molar-refractivity contribution is 0.414. The average molecular weight is 409 g/mol. The fourth-order valence-corrected chi connectivity index (χ4v) is 4.17. The molecule has 0 saturated heterocycles. The standard InChI is InChI=1S/C26H20N2OS/c1-29-22-14-12-19(13-15-22)18-30-26-24(17-27)23(20-8-4-2-5-9-20)16-25(28-26)21-10-6-3-7-11-21/h2-16H,18H2,1H3. The summed E-state index contributed by atoms with van der Waals surface area (Å²) in [5, 5.41) is 10.7. The van der Waals surface area contributed by atoms with Crippen LogP contribution in [0.25, 0.3) is 22.4 Å². The molecule has 0 aliphatic heterocycles. The quantitative estimate of drug-likeness (QED) is 0.338. The smallest absolute Gasteiger partial charge is 0.118 e. The zero-order valence-electron chi connectivity index (χ0n) is 16.6. The monoisotopic (exact) mass is 408 g/mol. The molecule has 0 aliphatic carbocycles. The van der Waals surface area contributed by atoms with E-state index in [0.29, 0.717) is 5.56 Å². The van der Waals surface area contributed by atoms with Crippen molar-refractivity contribution in [3.63, 3.8) is 0 Å². The maximum Gasteiger partial charge on any atom is 0.118 e. The van der Waals surface area contributed by atoms with Crippen molar-refractivity contribution in [1.29, 1.82) is 5.26 Å². The van der Waals surface area contributed by atoms with Gasteiger partial charge in [-0.1, -0.05) is 72.8 Å². The summed E-state index contributed by atoms with van der Waals surface area (Å²) in [6.07, 6.45) is 0. The Kier molecular flexibility index (Phi) is 6.12. The summed E-state index contributed by atoms with van der Waals surface area (Å²) < 4.78 is 5.24. The van der Waals surface area contributed by atoms with Gasteiger partial charge in [-0.3, -0.25) is 0 Å². The van der Waals surface area contributed by atoms with Crippen molar-refractivity contribution < 1.29 is 4.74 Å². The van der Waals surface area contributed by atoms with Gasteiger partial charge in [0, 0.05) is 16.9 Å². The Labute approximate surface area is 181 Å². The first-order valence-corrected chi connectivity index (χ1v) is 10.6. The largest absolute Gasteiger partial charge is 0.497 e. The fourth-order valence-electron chi connectivity index (χ4n) is 3.21. The number of pyridine rings is 1. The number of hydrogen-bond acceptors (Lipinski definition) is 4. The molecule has 3 aromatic carbocycles. The Hall–Kier alpha value is -3.55. The molecule has 1 aromatic heterocycles. The lowest BCUT2D eigenvalue weighted by Crippen LogP contribution is -1.96. The second-order valence-corrected chi connectivity index (χ2v) is 7.68. The highest BCUT2D eigenvalue weighted by Gasteiger charge is 2.16. The van der Waals surface area contributed by atoms with Crippen molar-refractivity contribution >= 4 is 11.8 Å². The molecule has 4 aromatic rings. The molecule has 1 heterocycles. The van der Waals surface area contributed by atoms with Crippen LogP contribution in [0.3, 0.4) is 0 Å². The number of nitriles is 1. The first-order valence-electron chi connectivity index (χ1n) is 9.60. The highest BCUT2D eigenvalue weighted by molar-refractivity contribution is 7.98. The third-order valence-corrected chi connectivity index (χ3v) is 5.83. The van der Waals surface area contributed by atoms with E-state index < -0.39 is 0 Å². The van der Waals surface area contributed by atoms with Crippen LogP contribution < -0.4 is 4.74 Å². The molecule has 3 nitrogen and oxygen atoms in total. The molecule has 0 radical (unpaired) electrons. The van der Waals surface area contributed by atoms with Crippen molar-refractivity contribution in [3.05, 3.63) is 102 Å². The normalized spacial score (nSPS) is 10.4. The van der Waals surface area contributed by atoms with Crippen LogP contribution in [0.15, 0.2) is 96.0 Å². The predicted octanol–water partition coefficient (Wildman–Crippen LogP) is 6.59. The Balaban J connectivity index is 1.76. The first-order chi connectivity index (χ1) is 14.8. The van der Waals surface area contributed by atoms with E-state index in [1.807, 2.05) is 91.0 Å². The van der Waals surface area contributed by atoms with Gasteiger partial charge in [-0.05, 0) is 29.3 Å². The molecule has 0 spiro atoms. The molecule has 0 atom stereocenters. The van der Waals surface area contributed by atoms with Crippen molar-refractivity contribution in [2.75, 3.05) is 7.11 Å². The zero-order valence-corrected chi connectivity index (χ0v) is 17.4. The molecule has 0 unspecified atom stereocenters. The maximum atomic E-state index is 9.97. The SMILES string of the molecule is COc1ccc(CSc2nc(-c3ccccc3)cc(-c3ccccc3)c2C#N)cc1. The highest BCUT2D eigenvalue weighted by Crippen LogP contribution is 2.35. The minimum Gasteiger partial charge on any atom is -0.497 e. The van der Waals surface area contributed by atoms with E-state index in [1.54, 1.807) is 18.9 Å². The van der Waals surface area contributed by atoms with Crippen molar-refractivity contribution in [2.24, 2.45) is 0 Å². The highest BCUT2D eigenvalue weighted by atomic mass is 32.2. The van der Waals surface area contributed by atoms with E-state index in [-0.39, 0.29) is 0 Å². The van der Waals surface area contributed by atoms with Gasteiger partial charge in [-0.25, -0.2) is 4.98 Å². The summed E-state index contributed by atoms with van der Waals surface area (Å²) in [6.45, 7) is 0. The molecule has 4 heteroatoms. The van der Waals surface area contributed by atoms with Gasteiger partial charge in [0.2, 0.25) is 0 Å². The predicted molar refractivity (Wildman–Crippen MR) is 122 cm³/mol. The summed E-state index contributed by atoms with van der Waals surface area (Å²) in [7, 11) is 1.66. The fraction of sp³-hybridized carbons (Fsp3) is 0.0769. The molecule has 0 aliphatic rings. The van der Waals surface area contributed by atoms with Crippen LogP contribution in [0.1, 0.15) is 11.1 Å². The minimum atomic E-state index is 0.611. The minimum absolute atomic E-state index is 0.611. The molecule has 4 rings (SSSR count). The number of aromatic nitrogens is 1. The zero-order chi connectivity index (χ0) is 20.8. The second-order valence-electron chi connectivity index (χ2n) is 6.72. The van der Waals surface area contributed by atoms with Crippen molar-refractivity contribution in [3.8, 4) is 34.2 Å². The van der Waals surface area contributed by atoms with Crippen LogP contribution in [0.2, 0.25) is 0 Å². The van der Waals surface area contributed by atoms with Crippen molar-refractivity contribution in [1.82, 2.24) is 4.98 Å². The first kappa shape index (κ1) is 19.8. The van der Waals surface area contributed by atoms with Gasteiger partial charge < -0.3 is 4.74 Å². The second kappa shape index (κ2) is 9.30. The Morgan fingerprint density at radius 1 is 0.867 bits per heavy atom. The molecular weight excluding hydrogens is 388 g/mol. The summed E-state index contributed by atoms with van der Waals surface area (Å²) >= 11 is 1.58. The number of thioether (sulfide) groups is 1. The van der Waals surface area contributed by atoms with Gasteiger partial charge >= 0.3 is 0 Å². The summed E-state index contributed by atoms with van der Waals surface area (Å²) in [5.41, 5.74) is 5.58. The van der Waals surface area contributed by atoms with E-state index >= 15 is 0 Å². The van der Waals surface area contributed by atoms with E-state index in [0.717, 1.165) is 44.5 Å². The van der Waals surface area contributed by atoms with Crippen LogP contribution in [-0.2, 0) is 5.75 Å². The van der Waals surface area contributed by atoms with Crippen LogP contribution >= 0.6 is 11.8 Å². The Morgan fingerprint density at radius 3 is 2.10 bits per heavy atom. The average Bonchev–Trinajstić information content (AvgIpc) is 2.83. The summed E-state index contributed by atoms with van der Waals surface area (Å²) in [5.74, 6) is 1.55. The van der Waals surface area contributed by atoms with E-state index in [9.17, 15) is 5.26 Å². The van der Waals surface area contributed by atoms with Crippen molar-refractivity contribution in [2.45, 2.75) is 10.8 Å². The van der Waals surface area contributed by atoms with E-state index in [1.165, 1.54) is 0 Å². The van der Waals surface area contributed by atoms with Gasteiger partial charge in [0.1, 0.15) is 16.8 Å². The molecule has 0 fully saturated rings. The van der Waals surface area contributed by atoms with Crippen LogP contribution in [-0.4, -0.2) is 12.1 Å². The number of methoxy groups -OCH3 is 1. The van der Waals surface area contributed by atoms with Gasteiger partial charge in [0.05, 0.1) is 18.4 Å². The van der Waals surface area contributed by atoms with Crippen LogP contribution in [0.5, 0.6) is 5.75 Å². The van der Waals surface area contributed by atoms with Gasteiger partial charge in [0.15, 0.2) is 0 Å². The lowest BCUT2D eigenvalue weighted by atomic mass is 9.99.